The second-order valence-electron chi connectivity index (χ2n) is 8.22. The fraction of sp³-hybridized carbons (Fsp3) is 0.810. The van der Waals surface area contributed by atoms with Crippen molar-refractivity contribution in [3.05, 3.63) is 16.1 Å². The number of carbonyl (C=O) groups is 1. The van der Waals surface area contributed by atoms with Gasteiger partial charge in [0.2, 0.25) is 5.91 Å². The van der Waals surface area contributed by atoms with Gasteiger partial charge in [0.1, 0.15) is 10.6 Å². The molecule has 1 amide bonds. The van der Waals surface area contributed by atoms with E-state index in [1.807, 2.05) is 10.3 Å². The van der Waals surface area contributed by atoms with Gasteiger partial charge < -0.3 is 14.7 Å². The van der Waals surface area contributed by atoms with Gasteiger partial charge >= 0.3 is 0 Å². The number of thiazole rings is 1. The maximum Gasteiger partial charge on any atom is 0.225 e. The summed E-state index contributed by atoms with van der Waals surface area (Å²) in [4.78, 5) is 21.8. The molecule has 2 aliphatic heterocycles. The number of nitrogens with zero attached hydrogens (tertiary/aromatic N) is 3. The third-order valence-electron chi connectivity index (χ3n) is 6.46. The van der Waals surface area contributed by atoms with Crippen LogP contribution < -0.4 is 0 Å². The number of carbonyl (C=O) groups excluding carboxylic acids is 1. The smallest absolute Gasteiger partial charge is 0.225 e. The number of hydrogen-bond acceptors (Lipinski definition) is 6. The molecule has 2 fully saturated rings. The first-order valence-electron chi connectivity index (χ1n) is 10.7. The summed E-state index contributed by atoms with van der Waals surface area (Å²) in [5, 5.41) is 14.2. The van der Waals surface area contributed by atoms with Crippen LogP contribution in [0.15, 0.2) is 5.38 Å². The molecule has 2 aliphatic rings. The summed E-state index contributed by atoms with van der Waals surface area (Å²) in [5.41, 5.74) is -0.124. The number of methoxy groups -OCH3 is 1. The Morgan fingerprint density at radius 1 is 1.36 bits per heavy atom. The molecule has 0 aromatic carbocycles. The molecule has 0 aliphatic carbocycles. The van der Waals surface area contributed by atoms with Crippen molar-refractivity contribution < 1.29 is 14.6 Å². The predicted molar refractivity (Wildman–Crippen MR) is 111 cm³/mol. The Morgan fingerprint density at radius 2 is 2.07 bits per heavy atom. The molecule has 3 rings (SSSR count). The number of amides is 1. The fourth-order valence-electron chi connectivity index (χ4n) is 4.50. The van der Waals surface area contributed by atoms with Crippen LogP contribution in [0.3, 0.4) is 0 Å². The molecular weight excluding hydrogens is 374 g/mol. The largest absolute Gasteiger partial charge is 0.383 e. The quantitative estimate of drug-likeness (QED) is 0.715. The molecule has 158 valence electrons. The van der Waals surface area contributed by atoms with E-state index < -0.39 is 5.60 Å². The van der Waals surface area contributed by atoms with Crippen LogP contribution in [0.4, 0.5) is 0 Å². The Balaban J connectivity index is 1.58. The Bertz CT molecular complexity index is 639. The molecule has 6 nitrogen and oxygen atoms in total. The molecule has 0 unspecified atom stereocenters. The number of ether oxygens (including phenoxy) is 1. The van der Waals surface area contributed by atoms with Gasteiger partial charge in [0, 0.05) is 37.5 Å². The van der Waals surface area contributed by atoms with Gasteiger partial charge in [-0.3, -0.25) is 9.69 Å². The van der Waals surface area contributed by atoms with E-state index in [0.717, 1.165) is 43.2 Å². The SMILES string of the molecule is CCC(CC)C(=O)N1CCC(O)(c2csc(CN3CCC[C@@H]3COC)n2)CC1. The molecule has 0 saturated carbocycles. The van der Waals surface area contributed by atoms with Crippen molar-refractivity contribution in [2.24, 2.45) is 5.92 Å². The van der Waals surface area contributed by atoms with E-state index in [-0.39, 0.29) is 11.8 Å². The molecule has 28 heavy (non-hydrogen) atoms. The normalized spacial score (nSPS) is 22.9. The van der Waals surface area contributed by atoms with E-state index >= 15 is 0 Å². The van der Waals surface area contributed by atoms with Gasteiger partial charge in [-0.2, -0.15) is 0 Å². The average molecular weight is 410 g/mol. The van der Waals surface area contributed by atoms with Crippen LogP contribution in [0.1, 0.15) is 63.1 Å². The van der Waals surface area contributed by atoms with E-state index in [1.54, 1.807) is 18.4 Å². The lowest BCUT2D eigenvalue weighted by atomic mass is 9.88. The van der Waals surface area contributed by atoms with E-state index in [4.69, 9.17) is 9.72 Å². The summed E-state index contributed by atoms with van der Waals surface area (Å²) in [6.07, 6.45) is 5.28. The topological polar surface area (TPSA) is 65.9 Å². The summed E-state index contributed by atoms with van der Waals surface area (Å²) in [7, 11) is 1.76. The Hall–Kier alpha value is -1.02. The zero-order valence-corrected chi connectivity index (χ0v) is 18.3. The zero-order valence-electron chi connectivity index (χ0n) is 17.5. The molecule has 0 bridgehead atoms. The summed E-state index contributed by atoms with van der Waals surface area (Å²) in [6.45, 7) is 8.04. The number of rotatable bonds is 8. The van der Waals surface area contributed by atoms with Crippen LogP contribution in [-0.4, -0.2) is 65.2 Å². The van der Waals surface area contributed by atoms with E-state index in [9.17, 15) is 9.90 Å². The number of aliphatic hydroxyl groups is 1. The van der Waals surface area contributed by atoms with Crippen molar-refractivity contribution in [3.63, 3.8) is 0 Å². The van der Waals surface area contributed by atoms with Gasteiger partial charge in [0.05, 0.1) is 18.8 Å². The van der Waals surface area contributed by atoms with E-state index in [1.165, 1.54) is 12.8 Å². The number of likely N-dealkylation sites (tertiary alicyclic amines) is 2. The van der Waals surface area contributed by atoms with Gasteiger partial charge in [-0.25, -0.2) is 4.98 Å². The zero-order chi connectivity index (χ0) is 20.1. The Labute approximate surface area is 172 Å². The highest BCUT2D eigenvalue weighted by Crippen LogP contribution is 2.34. The maximum atomic E-state index is 12.6. The van der Waals surface area contributed by atoms with Gasteiger partial charge in [-0.15, -0.1) is 11.3 Å². The minimum Gasteiger partial charge on any atom is -0.383 e. The lowest BCUT2D eigenvalue weighted by Gasteiger charge is -2.38. The van der Waals surface area contributed by atoms with Crippen molar-refractivity contribution in [3.8, 4) is 0 Å². The van der Waals surface area contributed by atoms with Crippen molar-refractivity contribution in [2.45, 2.75) is 70.6 Å². The highest BCUT2D eigenvalue weighted by atomic mass is 32.1. The third-order valence-corrected chi connectivity index (χ3v) is 7.30. The van der Waals surface area contributed by atoms with E-state index in [2.05, 4.69) is 18.7 Å². The van der Waals surface area contributed by atoms with Gasteiger partial charge in [-0.05, 0) is 45.1 Å². The van der Waals surface area contributed by atoms with E-state index in [0.29, 0.717) is 32.0 Å². The molecule has 2 saturated heterocycles. The maximum absolute atomic E-state index is 12.6. The van der Waals surface area contributed by atoms with Gasteiger partial charge in [-0.1, -0.05) is 13.8 Å². The summed E-state index contributed by atoms with van der Waals surface area (Å²) < 4.78 is 5.34. The summed E-state index contributed by atoms with van der Waals surface area (Å²) in [5.74, 6) is 0.349. The predicted octanol–water partition coefficient (Wildman–Crippen LogP) is 3.00. The van der Waals surface area contributed by atoms with Crippen molar-refractivity contribution in [2.75, 3.05) is 33.4 Å². The molecule has 7 heteroatoms. The minimum atomic E-state index is -0.906. The molecule has 1 aromatic heterocycles. The standard InChI is InChI=1S/C21H35N3O3S/c1-4-16(5-2)20(25)23-11-8-21(26,9-12-23)18-15-28-19(22-18)13-24-10-6-7-17(24)14-27-3/h15-17,26H,4-14H2,1-3H3/t17-/m1/s1. The summed E-state index contributed by atoms with van der Waals surface area (Å²) >= 11 is 1.63. The molecule has 3 heterocycles. The molecule has 1 atom stereocenters. The number of hydrogen-bond donors (Lipinski definition) is 1. The van der Waals surface area contributed by atoms with Crippen LogP contribution >= 0.6 is 11.3 Å². The van der Waals surface area contributed by atoms with Crippen molar-refractivity contribution in [1.82, 2.24) is 14.8 Å². The first-order chi connectivity index (χ1) is 13.5. The summed E-state index contributed by atoms with van der Waals surface area (Å²) in [6, 6.07) is 0.472. The lowest BCUT2D eigenvalue weighted by molar-refractivity contribution is -0.140. The van der Waals surface area contributed by atoms with Gasteiger partial charge in [0.25, 0.3) is 0 Å². The Kier molecular flexibility index (Phi) is 7.48. The van der Waals surface area contributed by atoms with Gasteiger partial charge in [0.15, 0.2) is 0 Å². The third kappa shape index (κ3) is 4.75. The van der Waals surface area contributed by atoms with Crippen LogP contribution in [0, 0.1) is 5.92 Å². The number of aromatic nitrogens is 1. The second kappa shape index (κ2) is 9.65. The monoisotopic (exact) mass is 409 g/mol. The van der Waals surface area contributed by atoms with Crippen molar-refractivity contribution in [1.29, 1.82) is 0 Å². The molecular formula is C21H35N3O3S. The molecule has 0 radical (unpaired) electrons. The highest BCUT2D eigenvalue weighted by Gasteiger charge is 2.38. The number of piperidine rings is 1. The van der Waals surface area contributed by atoms with Crippen LogP contribution in [0.2, 0.25) is 0 Å². The van der Waals surface area contributed by atoms with Crippen LogP contribution in [0.25, 0.3) is 0 Å². The van der Waals surface area contributed by atoms with Crippen molar-refractivity contribution >= 4 is 17.2 Å². The fourth-order valence-corrected chi connectivity index (χ4v) is 5.42. The molecule has 0 spiro atoms. The molecule has 1 N–H and O–H groups in total. The second-order valence-corrected chi connectivity index (χ2v) is 9.16. The minimum absolute atomic E-state index is 0.109. The van der Waals surface area contributed by atoms with Crippen LogP contribution in [-0.2, 0) is 21.7 Å². The first kappa shape index (κ1) is 21.7. The highest BCUT2D eigenvalue weighted by molar-refractivity contribution is 7.09. The average Bonchev–Trinajstić information content (AvgIpc) is 3.34. The Morgan fingerprint density at radius 3 is 2.71 bits per heavy atom. The first-order valence-corrected chi connectivity index (χ1v) is 11.6. The molecule has 1 aromatic rings. The van der Waals surface area contributed by atoms with Crippen LogP contribution in [0.5, 0.6) is 0 Å². The lowest BCUT2D eigenvalue weighted by Crippen LogP contribution is -2.47.